The van der Waals surface area contributed by atoms with Gasteiger partial charge >= 0.3 is 0 Å². The molecule has 0 fully saturated rings. The maximum absolute atomic E-state index is 11.8. The van der Waals surface area contributed by atoms with Gasteiger partial charge in [-0.2, -0.15) is 0 Å². The Morgan fingerprint density at radius 2 is 2.04 bits per heavy atom. The fraction of sp³-hybridized carbons (Fsp3) is 0.278. The summed E-state index contributed by atoms with van der Waals surface area (Å²) in [5, 5.41) is 3.90. The molecule has 2 aromatic carbocycles. The second kappa shape index (κ2) is 7.13. The zero-order valence-electron chi connectivity index (χ0n) is 12.7. The van der Waals surface area contributed by atoms with Gasteiger partial charge in [0, 0.05) is 11.6 Å². The topological polar surface area (TPSA) is 64.4 Å². The Morgan fingerprint density at radius 3 is 2.78 bits per heavy atom. The van der Waals surface area contributed by atoms with Crippen molar-refractivity contribution < 1.29 is 9.53 Å². The lowest BCUT2D eigenvalue weighted by molar-refractivity contribution is -0.120. The van der Waals surface area contributed by atoms with E-state index in [4.69, 9.17) is 22.1 Å². The lowest BCUT2D eigenvalue weighted by Crippen LogP contribution is -2.33. The SMILES string of the molecule is NC(=O)C(NCc1cccc2c1CCOC2)c1ccc(Cl)cc1. The number of nitrogens with two attached hydrogens (primary N) is 1. The first-order valence-electron chi connectivity index (χ1n) is 7.60. The van der Waals surface area contributed by atoms with Crippen molar-refractivity contribution >= 4 is 17.5 Å². The number of primary amides is 1. The summed E-state index contributed by atoms with van der Waals surface area (Å²) in [6.07, 6.45) is 0.898. The summed E-state index contributed by atoms with van der Waals surface area (Å²) in [6, 6.07) is 12.8. The van der Waals surface area contributed by atoms with Crippen LogP contribution in [0.1, 0.15) is 28.3 Å². The molecule has 0 spiro atoms. The Hall–Kier alpha value is -1.88. The maximum Gasteiger partial charge on any atom is 0.239 e. The fourth-order valence-electron chi connectivity index (χ4n) is 2.92. The molecule has 23 heavy (non-hydrogen) atoms. The number of hydrogen-bond donors (Lipinski definition) is 2. The molecule has 1 heterocycles. The number of fused-ring (bicyclic) bond motifs is 1. The van der Waals surface area contributed by atoms with Gasteiger partial charge in [-0.3, -0.25) is 10.1 Å². The molecular formula is C18H19ClN2O2. The van der Waals surface area contributed by atoms with Gasteiger partial charge in [0.05, 0.1) is 13.2 Å². The number of amides is 1. The van der Waals surface area contributed by atoms with Crippen LogP contribution in [0.3, 0.4) is 0 Å². The van der Waals surface area contributed by atoms with E-state index < -0.39 is 11.9 Å². The van der Waals surface area contributed by atoms with Crippen molar-refractivity contribution in [3.05, 3.63) is 69.7 Å². The Bertz CT molecular complexity index is 701. The first-order valence-corrected chi connectivity index (χ1v) is 7.98. The van der Waals surface area contributed by atoms with Crippen LogP contribution in [-0.4, -0.2) is 12.5 Å². The number of carbonyl (C=O) groups is 1. The molecule has 2 aromatic rings. The van der Waals surface area contributed by atoms with E-state index >= 15 is 0 Å². The molecule has 0 saturated carbocycles. The predicted molar refractivity (Wildman–Crippen MR) is 90.0 cm³/mol. The zero-order valence-corrected chi connectivity index (χ0v) is 13.5. The Balaban J connectivity index is 1.77. The standard InChI is InChI=1S/C18H19ClN2O2/c19-15-6-4-12(5-7-15)17(18(20)22)21-10-13-2-1-3-14-11-23-9-8-16(13)14/h1-7,17,21H,8-11H2,(H2,20,22). The molecule has 5 heteroatoms. The van der Waals surface area contributed by atoms with Crippen LogP contribution in [0.5, 0.6) is 0 Å². The van der Waals surface area contributed by atoms with Gasteiger partial charge in [0.2, 0.25) is 5.91 Å². The fourth-order valence-corrected chi connectivity index (χ4v) is 3.04. The molecular weight excluding hydrogens is 312 g/mol. The van der Waals surface area contributed by atoms with Crippen molar-refractivity contribution in [2.45, 2.75) is 25.6 Å². The number of rotatable bonds is 5. The summed E-state index contributed by atoms with van der Waals surface area (Å²) >= 11 is 5.90. The van der Waals surface area contributed by atoms with Gasteiger partial charge in [-0.05, 0) is 40.8 Å². The van der Waals surface area contributed by atoms with Crippen LogP contribution in [0.2, 0.25) is 5.02 Å². The largest absolute Gasteiger partial charge is 0.376 e. The van der Waals surface area contributed by atoms with Crippen LogP contribution in [0, 0.1) is 0 Å². The average molecular weight is 331 g/mol. The summed E-state index contributed by atoms with van der Waals surface area (Å²) < 4.78 is 5.49. The Kier molecular flexibility index (Phi) is 4.96. The molecule has 0 aliphatic carbocycles. The van der Waals surface area contributed by atoms with Gasteiger partial charge in [-0.1, -0.05) is 41.9 Å². The molecule has 120 valence electrons. The molecule has 1 atom stereocenters. The molecule has 0 aromatic heterocycles. The summed E-state index contributed by atoms with van der Waals surface area (Å²) in [7, 11) is 0. The Morgan fingerprint density at radius 1 is 1.26 bits per heavy atom. The first kappa shape index (κ1) is 16.0. The molecule has 0 radical (unpaired) electrons. The third-order valence-corrected chi connectivity index (χ3v) is 4.36. The summed E-state index contributed by atoms with van der Waals surface area (Å²) in [5.74, 6) is -0.402. The first-order chi connectivity index (χ1) is 11.1. The molecule has 0 saturated heterocycles. The van der Waals surface area contributed by atoms with Gasteiger partial charge in [0.15, 0.2) is 0 Å². The van der Waals surface area contributed by atoms with Crippen LogP contribution in [0.25, 0.3) is 0 Å². The highest BCUT2D eigenvalue weighted by atomic mass is 35.5. The van der Waals surface area contributed by atoms with Crippen molar-refractivity contribution in [1.29, 1.82) is 0 Å². The second-order valence-electron chi connectivity index (χ2n) is 5.63. The third kappa shape index (κ3) is 3.72. The average Bonchev–Trinajstić information content (AvgIpc) is 2.56. The van der Waals surface area contributed by atoms with E-state index in [2.05, 4.69) is 17.4 Å². The smallest absolute Gasteiger partial charge is 0.239 e. The normalized spacial score (nSPS) is 15.0. The minimum Gasteiger partial charge on any atom is -0.376 e. The Labute approximate surface area is 140 Å². The summed E-state index contributed by atoms with van der Waals surface area (Å²) in [6.45, 7) is 1.97. The number of ether oxygens (including phenoxy) is 1. The van der Waals surface area contributed by atoms with Crippen molar-refractivity contribution in [1.82, 2.24) is 5.32 Å². The van der Waals surface area contributed by atoms with Gasteiger partial charge < -0.3 is 10.5 Å². The highest BCUT2D eigenvalue weighted by molar-refractivity contribution is 6.30. The number of nitrogens with one attached hydrogen (secondary N) is 1. The quantitative estimate of drug-likeness (QED) is 0.886. The molecule has 1 aliphatic heterocycles. The highest BCUT2D eigenvalue weighted by Gasteiger charge is 2.19. The van der Waals surface area contributed by atoms with Crippen LogP contribution >= 0.6 is 11.6 Å². The van der Waals surface area contributed by atoms with E-state index in [9.17, 15) is 4.79 Å². The number of carbonyl (C=O) groups excluding carboxylic acids is 1. The molecule has 1 amide bonds. The third-order valence-electron chi connectivity index (χ3n) is 4.11. The predicted octanol–water partition coefficient (Wildman–Crippen LogP) is 2.73. The van der Waals surface area contributed by atoms with E-state index in [-0.39, 0.29) is 0 Å². The van der Waals surface area contributed by atoms with Crippen LogP contribution in [-0.2, 0) is 29.1 Å². The van der Waals surface area contributed by atoms with E-state index in [0.717, 1.165) is 18.6 Å². The number of hydrogen-bond acceptors (Lipinski definition) is 3. The van der Waals surface area contributed by atoms with Crippen molar-refractivity contribution in [2.24, 2.45) is 5.73 Å². The van der Waals surface area contributed by atoms with E-state index in [1.54, 1.807) is 12.1 Å². The highest BCUT2D eigenvalue weighted by Crippen LogP contribution is 2.22. The van der Waals surface area contributed by atoms with Crippen molar-refractivity contribution in [3.8, 4) is 0 Å². The molecule has 0 bridgehead atoms. The van der Waals surface area contributed by atoms with Gasteiger partial charge in [-0.15, -0.1) is 0 Å². The lowest BCUT2D eigenvalue weighted by atomic mass is 9.96. The van der Waals surface area contributed by atoms with Gasteiger partial charge in [-0.25, -0.2) is 0 Å². The van der Waals surface area contributed by atoms with E-state index in [1.165, 1.54) is 16.7 Å². The number of halogens is 1. The van der Waals surface area contributed by atoms with Crippen LogP contribution in [0.15, 0.2) is 42.5 Å². The van der Waals surface area contributed by atoms with Gasteiger partial charge in [0.25, 0.3) is 0 Å². The van der Waals surface area contributed by atoms with Crippen molar-refractivity contribution in [2.75, 3.05) is 6.61 Å². The molecule has 3 rings (SSSR count). The second-order valence-corrected chi connectivity index (χ2v) is 6.06. The number of benzene rings is 2. The van der Waals surface area contributed by atoms with Gasteiger partial charge in [0.1, 0.15) is 6.04 Å². The van der Waals surface area contributed by atoms with E-state index in [0.29, 0.717) is 18.2 Å². The summed E-state index contributed by atoms with van der Waals surface area (Å²) in [5.41, 5.74) is 10.1. The van der Waals surface area contributed by atoms with Crippen LogP contribution in [0.4, 0.5) is 0 Å². The minimum atomic E-state index is -0.539. The molecule has 4 nitrogen and oxygen atoms in total. The molecule has 1 aliphatic rings. The molecule has 3 N–H and O–H groups in total. The summed E-state index contributed by atoms with van der Waals surface area (Å²) in [4.78, 5) is 11.8. The van der Waals surface area contributed by atoms with Crippen LogP contribution < -0.4 is 11.1 Å². The van der Waals surface area contributed by atoms with E-state index in [1.807, 2.05) is 18.2 Å². The molecule has 1 unspecified atom stereocenters. The zero-order chi connectivity index (χ0) is 16.2. The lowest BCUT2D eigenvalue weighted by Gasteiger charge is -2.22. The van der Waals surface area contributed by atoms with Crippen molar-refractivity contribution in [3.63, 3.8) is 0 Å². The minimum absolute atomic E-state index is 0.402. The monoisotopic (exact) mass is 330 g/mol. The maximum atomic E-state index is 11.8.